The maximum atomic E-state index is 13.4. The van der Waals surface area contributed by atoms with Gasteiger partial charge in [0.15, 0.2) is 0 Å². The van der Waals surface area contributed by atoms with Gasteiger partial charge in [0.2, 0.25) is 10.0 Å². The summed E-state index contributed by atoms with van der Waals surface area (Å²) in [4.78, 5) is 11.1. The Hall–Kier alpha value is -2.95. The summed E-state index contributed by atoms with van der Waals surface area (Å²) < 4.78 is 48.6. The number of carboxylic acids is 1. The minimum Gasteiger partial charge on any atom is -0.480 e. The van der Waals surface area contributed by atoms with E-state index < -0.39 is 22.0 Å². The lowest BCUT2D eigenvalue weighted by Gasteiger charge is -2.31. The third kappa shape index (κ3) is 4.66. The summed E-state index contributed by atoms with van der Waals surface area (Å²) in [7, 11) is -2.44. The van der Waals surface area contributed by atoms with Crippen molar-refractivity contribution in [1.29, 1.82) is 0 Å². The number of sulfonamides is 1. The van der Waals surface area contributed by atoms with Gasteiger partial charge in [-0.15, -0.1) is 0 Å². The van der Waals surface area contributed by atoms with Gasteiger partial charge in [0, 0.05) is 18.3 Å². The largest absolute Gasteiger partial charge is 0.480 e. The molecule has 0 radical (unpaired) electrons. The molecule has 8 nitrogen and oxygen atoms in total. The minimum atomic E-state index is -3.93. The van der Waals surface area contributed by atoms with E-state index in [2.05, 4.69) is 5.10 Å². The highest BCUT2D eigenvalue weighted by Crippen LogP contribution is 2.38. The molecule has 1 N–H and O–H groups in total. The number of nitrogens with zero attached hydrogens (tertiary/aromatic N) is 3. The average Bonchev–Trinajstić information content (AvgIpc) is 3.18. The van der Waals surface area contributed by atoms with Crippen molar-refractivity contribution in [2.24, 2.45) is 0 Å². The van der Waals surface area contributed by atoms with E-state index in [-0.39, 0.29) is 28.0 Å². The molecule has 3 aromatic rings. The molecular weight excluding hydrogens is 485 g/mol. The molecule has 4 rings (SSSR count). The SMILES string of the molecule is Cc1cc(F)ccc1Oc1ccc(S(=O)(=O)N(C)C2CCCc3c2cnn3CC(=O)O)cc1Cl. The van der Waals surface area contributed by atoms with E-state index >= 15 is 0 Å². The van der Waals surface area contributed by atoms with Crippen LogP contribution in [0.15, 0.2) is 47.5 Å². The quantitative estimate of drug-likeness (QED) is 0.503. The van der Waals surface area contributed by atoms with Gasteiger partial charge in [-0.25, -0.2) is 12.8 Å². The predicted molar refractivity (Wildman–Crippen MR) is 123 cm³/mol. The zero-order valence-corrected chi connectivity index (χ0v) is 20.1. The van der Waals surface area contributed by atoms with Crippen molar-refractivity contribution in [3.8, 4) is 11.5 Å². The van der Waals surface area contributed by atoms with E-state index in [4.69, 9.17) is 21.4 Å². The number of benzene rings is 2. The smallest absolute Gasteiger partial charge is 0.325 e. The van der Waals surface area contributed by atoms with Crippen LogP contribution in [0.5, 0.6) is 11.5 Å². The van der Waals surface area contributed by atoms with Gasteiger partial charge in [-0.1, -0.05) is 11.6 Å². The summed E-state index contributed by atoms with van der Waals surface area (Å²) in [6, 6.07) is 7.78. The lowest BCUT2D eigenvalue weighted by Crippen LogP contribution is -2.33. The maximum absolute atomic E-state index is 13.4. The summed E-state index contributed by atoms with van der Waals surface area (Å²) >= 11 is 6.34. The zero-order valence-electron chi connectivity index (χ0n) is 18.5. The second kappa shape index (κ2) is 9.36. The molecule has 0 amide bonds. The molecule has 1 atom stereocenters. The minimum absolute atomic E-state index is 0.00627. The van der Waals surface area contributed by atoms with Gasteiger partial charge in [-0.05, 0) is 68.1 Å². The van der Waals surface area contributed by atoms with Crippen LogP contribution in [0.2, 0.25) is 5.02 Å². The molecule has 1 unspecified atom stereocenters. The second-order valence-electron chi connectivity index (χ2n) is 8.13. The second-order valence-corrected chi connectivity index (χ2v) is 10.5. The van der Waals surface area contributed by atoms with Crippen LogP contribution in [0.4, 0.5) is 4.39 Å². The Labute approximate surface area is 201 Å². The fourth-order valence-electron chi connectivity index (χ4n) is 4.14. The number of fused-ring (bicyclic) bond motifs is 1. The van der Waals surface area contributed by atoms with Crippen LogP contribution >= 0.6 is 11.6 Å². The van der Waals surface area contributed by atoms with E-state index in [1.807, 2.05) is 0 Å². The Kier molecular flexibility index (Phi) is 6.66. The van der Waals surface area contributed by atoms with Crippen molar-refractivity contribution in [2.45, 2.75) is 43.7 Å². The van der Waals surface area contributed by atoms with Gasteiger partial charge in [0.25, 0.3) is 0 Å². The molecule has 0 fully saturated rings. The van der Waals surface area contributed by atoms with Gasteiger partial charge >= 0.3 is 5.97 Å². The molecule has 0 saturated carbocycles. The van der Waals surface area contributed by atoms with Crippen LogP contribution in [0.3, 0.4) is 0 Å². The molecule has 1 aliphatic carbocycles. The Balaban J connectivity index is 1.59. The first-order valence-corrected chi connectivity index (χ1v) is 12.4. The van der Waals surface area contributed by atoms with E-state index in [0.717, 1.165) is 5.69 Å². The topological polar surface area (TPSA) is 102 Å². The monoisotopic (exact) mass is 507 g/mol. The number of halogens is 2. The normalized spacial score (nSPS) is 15.9. The first kappa shape index (κ1) is 24.2. The van der Waals surface area contributed by atoms with Crippen LogP contribution in [-0.2, 0) is 27.8 Å². The van der Waals surface area contributed by atoms with Crippen molar-refractivity contribution in [3.63, 3.8) is 0 Å². The molecular formula is C23H23ClFN3O5S. The number of hydrogen-bond acceptors (Lipinski definition) is 5. The van der Waals surface area contributed by atoms with Crippen LogP contribution in [-0.4, -0.2) is 40.6 Å². The highest BCUT2D eigenvalue weighted by molar-refractivity contribution is 7.89. The molecule has 11 heteroatoms. The van der Waals surface area contributed by atoms with Crippen molar-refractivity contribution < 1.29 is 27.4 Å². The fourth-order valence-corrected chi connectivity index (χ4v) is 5.82. The molecule has 2 aromatic carbocycles. The van der Waals surface area contributed by atoms with Gasteiger partial charge in [-0.2, -0.15) is 9.40 Å². The van der Waals surface area contributed by atoms with Gasteiger partial charge in [0.1, 0.15) is 23.9 Å². The first-order chi connectivity index (χ1) is 16.1. The summed E-state index contributed by atoms with van der Waals surface area (Å²) in [6.45, 7) is 1.42. The Morgan fingerprint density at radius 2 is 2.03 bits per heavy atom. The third-order valence-corrected chi connectivity index (χ3v) is 8.05. The number of ether oxygens (including phenoxy) is 1. The zero-order chi connectivity index (χ0) is 24.6. The third-order valence-electron chi connectivity index (χ3n) is 5.89. The van der Waals surface area contributed by atoms with Crippen LogP contribution in [0, 0.1) is 12.7 Å². The summed E-state index contributed by atoms with van der Waals surface area (Å²) in [5.74, 6) is -0.751. The molecule has 34 heavy (non-hydrogen) atoms. The number of aromatic nitrogens is 2. The summed E-state index contributed by atoms with van der Waals surface area (Å²) in [5.41, 5.74) is 2.01. The average molecular weight is 508 g/mol. The predicted octanol–water partition coefficient (Wildman–Crippen LogP) is 4.56. The van der Waals surface area contributed by atoms with E-state index in [0.29, 0.717) is 36.1 Å². The lowest BCUT2D eigenvalue weighted by molar-refractivity contribution is -0.137. The number of aliphatic carboxylic acids is 1. The molecule has 0 bridgehead atoms. The molecule has 180 valence electrons. The van der Waals surface area contributed by atoms with E-state index in [1.54, 1.807) is 13.1 Å². The van der Waals surface area contributed by atoms with Crippen molar-refractivity contribution >= 4 is 27.6 Å². The van der Waals surface area contributed by atoms with Crippen molar-refractivity contribution in [1.82, 2.24) is 14.1 Å². The van der Waals surface area contributed by atoms with Gasteiger partial charge in [-0.3, -0.25) is 9.48 Å². The number of hydrogen-bond donors (Lipinski definition) is 1. The molecule has 1 aliphatic rings. The molecule has 0 saturated heterocycles. The maximum Gasteiger partial charge on any atom is 0.325 e. The van der Waals surface area contributed by atoms with Gasteiger partial charge < -0.3 is 9.84 Å². The molecule has 0 aliphatic heterocycles. The van der Waals surface area contributed by atoms with Crippen LogP contribution in [0.1, 0.15) is 35.7 Å². The number of carbonyl (C=O) groups is 1. The van der Waals surface area contributed by atoms with Crippen molar-refractivity contribution in [2.75, 3.05) is 7.05 Å². The van der Waals surface area contributed by atoms with E-state index in [1.165, 1.54) is 52.4 Å². The number of carboxylic acid groups (broad SMARTS) is 1. The highest BCUT2D eigenvalue weighted by Gasteiger charge is 2.34. The van der Waals surface area contributed by atoms with Crippen molar-refractivity contribution in [3.05, 3.63) is 70.3 Å². The Morgan fingerprint density at radius 3 is 2.71 bits per heavy atom. The number of aryl methyl sites for hydroxylation is 1. The standard InChI is InChI=1S/C23H23ClFN3O5S/c1-14-10-15(25)6-8-21(14)33-22-9-7-16(11-18(22)24)34(31,32)27(2)19-4-3-5-20-17(19)12-26-28(20)13-23(29)30/h6-12,19H,3-5,13H2,1-2H3,(H,29,30). The fraction of sp³-hybridized carbons (Fsp3) is 0.304. The van der Waals surface area contributed by atoms with E-state index in [9.17, 15) is 17.6 Å². The highest BCUT2D eigenvalue weighted by atomic mass is 35.5. The first-order valence-electron chi connectivity index (χ1n) is 10.6. The Morgan fingerprint density at radius 1 is 1.29 bits per heavy atom. The van der Waals surface area contributed by atoms with Crippen LogP contribution in [0.25, 0.3) is 0 Å². The summed E-state index contributed by atoms with van der Waals surface area (Å²) in [5, 5.41) is 13.4. The molecule has 1 heterocycles. The molecule has 1 aromatic heterocycles. The van der Waals surface area contributed by atoms with Crippen LogP contribution < -0.4 is 4.74 Å². The van der Waals surface area contributed by atoms with Gasteiger partial charge in [0.05, 0.1) is 22.2 Å². The lowest BCUT2D eigenvalue weighted by atomic mass is 9.93. The number of rotatable bonds is 7. The molecule has 0 spiro atoms. The summed E-state index contributed by atoms with van der Waals surface area (Å²) in [6.07, 6.45) is 3.46. The Bertz CT molecular complexity index is 1360.